The van der Waals surface area contributed by atoms with Crippen LogP contribution in [0.15, 0.2) is 12.2 Å². The maximum absolute atomic E-state index is 13.3. The molecule has 7 atom stereocenters. The molecule has 0 aromatic heterocycles. The van der Waals surface area contributed by atoms with Gasteiger partial charge >= 0.3 is 11.9 Å². The van der Waals surface area contributed by atoms with Crippen LogP contribution in [0, 0.1) is 29.1 Å². The third kappa shape index (κ3) is 3.30. The molecule has 1 heterocycles. The van der Waals surface area contributed by atoms with Crippen LogP contribution in [0.2, 0.25) is 0 Å². The van der Waals surface area contributed by atoms with E-state index in [4.69, 9.17) is 14.2 Å². The van der Waals surface area contributed by atoms with Gasteiger partial charge in [0.15, 0.2) is 0 Å². The lowest BCUT2D eigenvalue weighted by Gasteiger charge is -2.40. The lowest BCUT2D eigenvalue weighted by atomic mass is 9.67. The van der Waals surface area contributed by atoms with Crippen molar-refractivity contribution in [3.05, 3.63) is 12.2 Å². The van der Waals surface area contributed by atoms with Gasteiger partial charge in [-0.2, -0.15) is 0 Å². The van der Waals surface area contributed by atoms with Crippen molar-refractivity contribution in [1.82, 2.24) is 0 Å². The summed E-state index contributed by atoms with van der Waals surface area (Å²) in [5.74, 6) is -1.17. The van der Waals surface area contributed by atoms with Crippen LogP contribution in [0.5, 0.6) is 0 Å². The zero-order valence-electron chi connectivity index (χ0n) is 17.5. The minimum absolute atomic E-state index is 0.0259. The summed E-state index contributed by atoms with van der Waals surface area (Å²) in [5.41, 5.74) is -0.628. The molecule has 0 N–H and O–H groups in total. The fourth-order valence-corrected chi connectivity index (χ4v) is 5.61. The number of hydrogen-bond donors (Lipinski definition) is 0. The molecule has 2 saturated carbocycles. The topological polar surface area (TPSA) is 78.9 Å². The van der Waals surface area contributed by atoms with Gasteiger partial charge in [0.1, 0.15) is 18.0 Å². The first-order chi connectivity index (χ1) is 13.1. The van der Waals surface area contributed by atoms with Gasteiger partial charge in [0.2, 0.25) is 0 Å². The highest BCUT2D eigenvalue weighted by atomic mass is 16.6. The standard InChI is InChI=1S/C22H32O6/c1-7-26-15-10-16(23)22(6)19(15)12(4)9-14-18(13(5)21(25)27-14)20(22)28-17(24)8-11(2)3/h11-12,14-15,18-20H,5,7-10H2,1-4,6H3/t12-,14-,15-,18-,19-,20+,22-/m1/s1. The number of carbonyl (C=O) groups excluding carboxylic acids is 3. The summed E-state index contributed by atoms with van der Waals surface area (Å²) in [5, 5.41) is 0. The van der Waals surface area contributed by atoms with Gasteiger partial charge < -0.3 is 14.2 Å². The zero-order valence-corrected chi connectivity index (χ0v) is 17.5. The molecule has 1 aliphatic heterocycles. The number of carbonyl (C=O) groups is 3. The Morgan fingerprint density at radius 2 is 2.04 bits per heavy atom. The summed E-state index contributed by atoms with van der Waals surface area (Å²) < 4.78 is 17.5. The Morgan fingerprint density at radius 3 is 2.64 bits per heavy atom. The van der Waals surface area contributed by atoms with E-state index < -0.39 is 29.5 Å². The van der Waals surface area contributed by atoms with E-state index in [2.05, 4.69) is 13.5 Å². The first kappa shape index (κ1) is 21.0. The fraction of sp³-hybridized carbons (Fsp3) is 0.773. The first-order valence-electron chi connectivity index (χ1n) is 10.3. The summed E-state index contributed by atoms with van der Waals surface area (Å²) in [6.45, 7) is 14.2. The quantitative estimate of drug-likeness (QED) is 0.528. The van der Waals surface area contributed by atoms with Gasteiger partial charge in [-0.25, -0.2) is 4.79 Å². The maximum Gasteiger partial charge on any atom is 0.334 e. The molecule has 0 spiro atoms. The largest absolute Gasteiger partial charge is 0.460 e. The van der Waals surface area contributed by atoms with Crippen LogP contribution in [0.3, 0.4) is 0 Å². The molecule has 6 heteroatoms. The van der Waals surface area contributed by atoms with Gasteiger partial charge in [-0.3, -0.25) is 9.59 Å². The second-order valence-electron chi connectivity index (χ2n) is 9.15. The van der Waals surface area contributed by atoms with Gasteiger partial charge in [0.25, 0.3) is 0 Å². The van der Waals surface area contributed by atoms with Crippen molar-refractivity contribution in [2.24, 2.45) is 29.1 Å². The number of fused-ring (bicyclic) bond motifs is 2. The van der Waals surface area contributed by atoms with Crippen LogP contribution in [0.25, 0.3) is 0 Å². The number of ether oxygens (including phenoxy) is 3. The summed E-state index contributed by atoms with van der Waals surface area (Å²) in [6, 6.07) is 0. The summed E-state index contributed by atoms with van der Waals surface area (Å²) in [4.78, 5) is 38.1. The molecular formula is C22H32O6. The summed E-state index contributed by atoms with van der Waals surface area (Å²) in [7, 11) is 0. The highest BCUT2D eigenvalue weighted by Gasteiger charge is 2.66. The molecule has 3 rings (SSSR count). The number of Topliss-reactive ketones (excluding diaryl/α,β-unsaturated/α-hetero) is 1. The second-order valence-corrected chi connectivity index (χ2v) is 9.15. The molecule has 0 amide bonds. The third-order valence-corrected chi connectivity index (χ3v) is 6.75. The van der Waals surface area contributed by atoms with Crippen LogP contribution in [-0.4, -0.2) is 42.6 Å². The van der Waals surface area contributed by atoms with Crippen molar-refractivity contribution in [3.8, 4) is 0 Å². The minimum atomic E-state index is -0.928. The predicted molar refractivity (Wildman–Crippen MR) is 102 cm³/mol. The molecule has 6 nitrogen and oxygen atoms in total. The minimum Gasteiger partial charge on any atom is -0.460 e. The zero-order chi connectivity index (χ0) is 20.8. The van der Waals surface area contributed by atoms with Crippen LogP contribution in [0.4, 0.5) is 0 Å². The van der Waals surface area contributed by atoms with E-state index in [1.165, 1.54) is 0 Å². The molecule has 0 aromatic carbocycles. The third-order valence-electron chi connectivity index (χ3n) is 6.75. The van der Waals surface area contributed by atoms with Crippen molar-refractivity contribution >= 4 is 17.7 Å². The van der Waals surface area contributed by atoms with E-state index in [-0.39, 0.29) is 42.0 Å². The van der Waals surface area contributed by atoms with Crippen LogP contribution >= 0.6 is 0 Å². The van der Waals surface area contributed by atoms with E-state index in [0.717, 1.165) is 0 Å². The van der Waals surface area contributed by atoms with Gasteiger partial charge in [0, 0.05) is 30.9 Å². The number of hydrogen-bond acceptors (Lipinski definition) is 6. The van der Waals surface area contributed by atoms with Crippen molar-refractivity contribution in [2.75, 3.05) is 6.61 Å². The molecule has 0 radical (unpaired) electrons. The molecule has 3 fully saturated rings. The summed E-state index contributed by atoms with van der Waals surface area (Å²) in [6.07, 6.45) is -0.248. The molecule has 0 bridgehead atoms. The Balaban J connectivity index is 2.06. The Morgan fingerprint density at radius 1 is 1.36 bits per heavy atom. The average Bonchev–Trinajstić information content (AvgIpc) is 2.96. The normalized spacial score (nSPS) is 40.1. The molecular weight excluding hydrogens is 360 g/mol. The monoisotopic (exact) mass is 392 g/mol. The highest BCUT2D eigenvalue weighted by Crippen LogP contribution is 2.57. The van der Waals surface area contributed by atoms with Gasteiger partial charge in [-0.1, -0.05) is 27.4 Å². The van der Waals surface area contributed by atoms with Crippen LogP contribution in [0.1, 0.15) is 53.9 Å². The lowest BCUT2D eigenvalue weighted by molar-refractivity contribution is -0.167. The van der Waals surface area contributed by atoms with E-state index >= 15 is 0 Å². The van der Waals surface area contributed by atoms with Crippen LogP contribution in [-0.2, 0) is 28.6 Å². The number of rotatable bonds is 5. The van der Waals surface area contributed by atoms with Crippen molar-refractivity contribution in [1.29, 1.82) is 0 Å². The van der Waals surface area contributed by atoms with Gasteiger partial charge in [-0.05, 0) is 32.1 Å². The van der Waals surface area contributed by atoms with E-state index in [1.807, 2.05) is 27.7 Å². The number of esters is 2. The van der Waals surface area contributed by atoms with Crippen molar-refractivity contribution < 1.29 is 28.6 Å². The lowest BCUT2D eigenvalue weighted by Crippen LogP contribution is -2.50. The van der Waals surface area contributed by atoms with Crippen molar-refractivity contribution in [3.63, 3.8) is 0 Å². The molecule has 3 aliphatic rings. The number of ketones is 1. The van der Waals surface area contributed by atoms with Crippen LogP contribution < -0.4 is 0 Å². The smallest absolute Gasteiger partial charge is 0.334 e. The fourth-order valence-electron chi connectivity index (χ4n) is 5.61. The molecule has 0 unspecified atom stereocenters. The van der Waals surface area contributed by atoms with E-state index in [1.54, 1.807) is 0 Å². The average molecular weight is 392 g/mol. The highest BCUT2D eigenvalue weighted by molar-refractivity contribution is 5.93. The molecule has 28 heavy (non-hydrogen) atoms. The Labute approximate surface area is 167 Å². The first-order valence-corrected chi connectivity index (χ1v) is 10.3. The van der Waals surface area contributed by atoms with E-state index in [0.29, 0.717) is 25.0 Å². The predicted octanol–water partition coefficient (Wildman–Crippen LogP) is 3.08. The Bertz CT molecular complexity index is 683. The Kier molecular flexibility index (Phi) is 5.72. The van der Waals surface area contributed by atoms with Gasteiger partial charge in [0.05, 0.1) is 17.4 Å². The Hall–Kier alpha value is -1.69. The maximum atomic E-state index is 13.3. The SMILES string of the molecule is C=C1C(=O)O[C@@H]2C[C@@H](C)[C@@H]3[C@H](OCC)CC(=O)[C@@]3(C)[C@@H](OC(=O)CC(C)C)[C@H]12. The molecule has 156 valence electrons. The molecule has 0 aromatic rings. The second kappa shape index (κ2) is 7.62. The van der Waals surface area contributed by atoms with E-state index in [9.17, 15) is 14.4 Å². The van der Waals surface area contributed by atoms with Gasteiger partial charge in [-0.15, -0.1) is 0 Å². The molecule has 2 aliphatic carbocycles. The molecule has 1 saturated heterocycles. The summed E-state index contributed by atoms with van der Waals surface area (Å²) >= 11 is 0. The van der Waals surface area contributed by atoms with Crippen molar-refractivity contribution in [2.45, 2.75) is 72.2 Å².